The maximum atomic E-state index is 12.6. The number of benzene rings is 1. The van der Waals surface area contributed by atoms with E-state index in [-0.39, 0.29) is 16.5 Å². The van der Waals surface area contributed by atoms with Gasteiger partial charge in [-0.15, -0.1) is 5.10 Å². The van der Waals surface area contributed by atoms with Crippen molar-refractivity contribution >= 4 is 35.0 Å². The van der Waals surface area contributed by atoms with Gasteiger partial charge in [-0.2, -0.15) is 13.2 Å². The number of nitrogens with one attached hydrogen (secondary N) is 1. The Kier molecular flexibility index (Phi) is 4.91. The number of amides is 1. The van der Waals surface area contributed by atoms with Crippen LogP contribution in [0.5, 0.6) is 0 Å². The fourth-order valence-corrected chi connectivity index (χ4v) is 2.27. The van der Waals surface area contributed by atoms with Gasteiger partial charge in [-0.25, -0.2) is 4.68 Å². The van der Waals surface area contributed by atoms with E-state index in [1.807, 2.05) is 0 Å². The zero-order valence-corrected chi connectivity index (χ0v) is 12.6. The minimum absolute atomic E-state index is 0.0201. The van der Waals surface area contributed by atoms with Gasteiger partial charge in [-0.05, 0) is 28.6 Å². The summed E-state index contributed by atoms with van der Waals surface area (Å²) in [6.45, 7) is 0. The molecule has 1 amide bonds. The first-order valence-electron chi connectivity index (χ1n) is 5.79. The number of hydrogen-bond donors (Lipinski definition) is 1. The Balaban J connectivity index is 2.03. The lowest BCUT2D eigenvalue weighted by atomic mass is 10.2. The summed E-state index contributed by atoms with van der Waals surface area (Å²) in [6, 6.07) is 2.71. The Morgan fingerprint density at radius 3 is 2.77 bits per heavy atom. The number of carbonyl (C=O) groups excluding carboxylic acids is 1. The lowest BCUT2D eigenvalue weighted by Gasteiger charge is -2.11. The van der Waals surface area contributed by atoms with Crippen LogP contribution < -0.4 is 5.32 Å². The van der Waals surface area contributed by atoms with Crippen LogP contribution >= 0.6 is 23.4 Å². The molecular weight excluding hydrogens is 343 g/mol. The minimum atomic E-state index is -4.51. The van der Waals surface area contributed by atoms with Gasteiger partial charge in [-0.3, -0.25) is 4.79 Å². The summed E-state index contributed by atoms with van der Waals surface area (Å²) in [6.07, 6.45) is -4.51. The second-order valence-corrected chi connectivity index (χ2v) is 5.46. The van der Waals surface area contributed by atoms with E-state index < -0.39 is 17.6 Å². The van der Waals surface area contributed by atoms with Crippen molar-refractivity contribution < 1.29 is 18.0 Å². The van der Waals surface area contributed by atoms with Crippen molar-refractivity contribution in [2.45, 2.75) is 11.3 Å². The second kappa shape index (κ2) is 6.53. The number of aryl methyl sites for hydroxylation is 1. The van der Waals surface area contributed by atoms with Crippen LogP contribution in [0.1, 0.15) is 5.56 Å². The summed E-state index contributed by atoms with van der Waals surface area (Å²) < 4.78 is 39.3. The highest BCUT2D eigenvalue weighted by Crippen LogP contribution is 2.33. The highest BCUT2D eigenvalue weighted by molar-refractivity contribution is 7.99. The van der Waals surface area contributed by atoms with Crippen molar-refractivity contribution in [2.24, 2.45) is 7.05 Å². The third kappa shape index (κ3) is 4.10. The second-order valence-electron chi connectivity index (χ2n) is 4.11. The van der Waals surface area contributed by atoms with Crippen LogP contribution in [-0.2, 0) is 18.0 Å². The highest BCUT2D eigenvalue weighted by atomic mass is 35.5. The first-order chi connectivity index (χ1) is 10.3. The normalized spacial score (nSPS) is 11.5. The van der Waals surface area contributed by atoms with E-state index in [1.165, 1.54) is 4.68 Å². The first kappa shape index (κ1) is 16.6. The molecule has 0 saturated heterocycles. The van der Waals surface area contributed by atoms with Crippen molar-refractivity contribution in [1.82, 2.24) is 20.2 Å². The fourth-order valence-electron chi connectivity index (χ4n) is 1.46. The Morgan fingerprint density at radius 2 is 2.18 bits per heavy atom. The molecule has 0 radical (unpaired) electrons. The van der Waals surface area contributed by atoms with Gasteiger partial charge in [0.2, 0.25) is 11.1 Å². The topological polar surface area (TPSA) is 72.7 Å². The van der Waals surface area contributed by atoms with E-state index in [9.17, 15) is 18.0 Å². The Morgan fingerprint density at radius 1 is 1.45 bits per heavy atom. The lowest BCUT2D eigenvalue weighted by Crippen LogP contribution is -2.16. The molecule has 0 aliphatic heterocycles. The predicted molar refractivity (Wildman–Crippen MR) is 74.6 cm³/mol. The van der Waals surface area contributed by atoms with Crippen LogP contribution in [0.15, 0.2) is 23.4 Å². The zero-order chi connectivity index (χ0) is 16.3. The van der Waals surface area contributed by atoms with Crippen molar-refractivity contribution in [3.8, 4) is 0 Å². The molecule has 0 atom stereocenters. The van der Waals surface area contributed by atoms with Gasteiger partial charge in [0.05, 0.1) is 22.0 Å². The summed E-state index contributed by atoms with van der Waals surface area (Å²) in [5.74, 6) is -0.588. The number of alkyl halides is 3. The summed E-state index contributed by atoms with van der Waals surface area (Å²) in [5, 5.41) is 13.4. The van der Waals surface area contributed by atoms with Gasteiger partial charge < -0.3 is 5.32 Å². The van der Waals surface area contributed by atoms with E-state index in [2.05, 4.69) is 20.8 Å². The standard InChI is InChI=1S/C11H9ClF3N5OS/c1-20-10(17-18-19-20)22-5-9(21)16-8-4-6(11(13,14)15)2-3-7(8)12/h2-4H,5H2,1H3,(H,16,21). The summed E-state index contributed by atoms with van der Waals surface area (Å²) >= 11 is 6.84. The molecule has 0 aliphatic carbocycles. The largest absolute Gasteiger partial charge is 0.416 e. The van der Waals surface area contributed by atoms with Crippen LogP contribution in [0.25, 0.3) is 0 Å². The van der Waals surface area contributed by atoms with Crippen molar-refractivity contribution in [3.05, 3.63) is 28.8 Å². The molecule has 1 N–H and O–H groups in total. The minimum Gasteiger partial charge on any atom is -0.324 e. The fraction of sp³-hybridized carbons (Fsp3) is 0.273. The zero-order valence-electron chi connectivity index (χ0n) is 11.1. The SMILES string of the molecule is Cn1nnnc1SCC(=O)Nc1cc(C(F)(F)F)ccc1Cl. The van der Waals surface area contributed by atoms with Crippen molar-refractivity contribution in [3.63, 3.8) is 0 Å². The number of carbonyl (C=O) groups is 1. The summed E-state index contributed by atoms with van der Waals surface area (Å²) in [7, 11) is 1.60. The number of anilines is 1. The molecule has 118 valence electrons. The molecule has 0 aliphatic rings. The molecular formula is C11H9ClF3N5OS. The van der Waals surface area contributed by atoms with Crippen LogP contribution in [0, 0.1) is 0 Å². The van der Waals surface area contributed by atoms with Gasteiger partial charge >= 0.3 is 6.18 Å². The molecule has 1 aromatic carbocycles. The van der Waals surface area contributed by atoms with Gasteiger partial charge in [0, 0.05) is 7.05 Å². The third-order valence-corrected chi connectivity index (χ3v) is 3.82. The van der Waals surface area contributed by atoms with E-state index in [0.717, 1.165) is 30.0 Å². The molecule has 6 nitrogen and oxygen atoms in total. The summed E-state index contributed by atoms with van der Waals surface area (Å²) in [5.41, 5.74) is -0.990. The Bertz CT molecular complexity index is 691. The molecule has 0 unspecified atom stereocenters. The van der Waals surface area contributed by atoms with E-state index >= 15 is 0 Å². The van der Waals surface area contributed by atoms with Crippen LogP contribution in [0.4, 0.5) is 18.9 Å². The number of thioether (sulfide) groups is 1. The van der Waals surface area contributed by atoms with Gasteiger partial charge in [0.25, 0.3) is 0 Å². The molecule has 22 heavy (non-hydrogen) atoms. The molecule has 1 aromatic heterocycles. The monoisotopic (exact) mass is 351 g/mol. The van der Waals surface area contributed by atoms with E-state index in [1.54, 1.807) is 7.05 Å². The molecule has 2 rings (SSSR count). The smallest absolute Gasteiger partial charge is 0.324 e. The Hall–Kier alpha value is -1.81. The number of hydrogen-bond acceptors (Lipinski definition) is 5. The van der Waals surface area contributed by atoms with Crippen LogP contribution in [0.2, 0.25) is 5.02 Å². The van der Waals surface area contributed by atoms with Gasteiger partial charge in [-0.1, -0.05) is 23.4 Å². The van der Waals surface area contributed by atoms with Crippen molar-refractivity contribution in [2.75, 3.05) is 11.1 Å². The van der Waals surface area contributed by atoms with Crippen LogP contribution in [0.3, 0.4) is 0 Å². The average Bonchev–Trinajstić information content (AvgIpc) is 2.83. The number of halogens is 4. The number of tetrazole rings is 1. The van der Waals surface area contributed by atoms with Gasteiger partial charge in [0.15, 0.2) is 0 Å². The molecule has 0 saturated carbocycles. The van der Waals surface area contributed by atoms with Crippen LogP contribution in [-0.4, -0.2) is 31.9 Å². The molecule has 0 fully saturated rings. The maximum Gasteiger partial charge on any atom is 0.416 e. The third-order valence-electron chi connectivity index (χ3n) is 2.48. The molecule has 11 heteroatoms. The molecule has 0 spiro atoms. The number of aromatic nitrogens is 4. The van der Waals surface area contributed by atoms with E-state index in [0.29, 0.717) is 5.16 Å². The number of nitrogens with zero attached hydrogens (tertiary/aromatic N) is 4. The first-order valence-corrected chi connectivity index (χ1v) is 7.15. The summed E-state index contributed by atoms with van der Waals surface area (Å²) in [4.78, 5) is 11.8. The number of rotatable bonds is 4. The van der Waals surface area contributed by atoms with E-state index in [4.69, 9.17) is 11.6 Å². The predicted octanol–water partition coefficient (Wildman–Crippen LogP) is 2.61. The maximum absolute atomic E-state index is 12.6. The molecule has 0 bridgehead atoms. The highest BCUT2D eigenvalue weighted by Gasteiger charge is 2.31. The Labute approximate surface area is 132 Å². The van der Waals surface area contributed by atoms with Crippen molar-refractivity contribution in [1.29, 1.82) is 0 Å². The van der Waals surface area contributed by atoms with Gasteiger partial charge in [0.1, 0.15) is 0 Å². The lowest BCUT2D eigenvalue weighted by molar-refractivity contribution is -0.137. The average molecular weight is 352 g/mol. The molecule has 2 aromatic rings. The quantitative estimate of drug-likeness (QED) is 0.857. The molecule has 1 heterocycles.